The summed E-state index contributed by atoms with van der Waals surface area (Å²) in [4.78, 5) is 6.33. The van der Waals surface area contributed by atoms with Gasteiger partial charge in [0.15, 0.2) is 11.5 Å². The Kier molecular flexibility index (Phi) is 7.86. The van der Waals surface area contributed by atoms with Gasteiger partial charge >= 0.3 is 0 Å². The van der Waals surface area contributed by atoms with Crippen LogP contribution in [0.2, 0.25) is 0 Å². The van der Waals surface area contributed by atoms with Gasteiger partial charge < -0.3 is 23.9 Å². The molecule has 0 aliphatic carbocycles. The van der Waals surface area contributed by atoms with Crippen LogP contribution in [0.5, 0.6) is 17.2 Å². The van der Waals surface area contributed by atoms with Crippen LogP contribution in [-0.2, 0) is 13.1 Å². The zero-order chi connectivity index (χ0) is 22.9. The lowest BCUT2D eigenvalue weighted by atomic mass is 9.93. The minimum atomic E-state index is -0.851. The lowest BCUT2D eigenvalue weighted by Gasteiger charge is -2.39. The Bertz CT molecular complexity index is 980. The van der Waals surface area contributed by atoms with Gasteiger partial charge in [0.25, 0.3) is 0 Å². The van der Waals surface area contributed by atoms with Gasteiger partial charge in [-0.25, -0.2) is 4.98 Å². The summed E-state index contributed by atoms with van der Waals surface area (Å²) in [5.74, 6) is 2.27. The molecule has 1 atom stereocenters. The normalized spacial score (nSPS) is 18.7. The van der Waals surface area contributed by atoms with Crippen LogP contribution >= 0.6 is 0 Å². The standard InChI is InChI=1S/C26H33N3O4/c1-31-25-17-22(9-10-24(25)32-16-6-14-28-15-12-27-21-28)18-29-13-5-11-26(30,19-29)20-33-23-7-3-2-4-8-23/h2-4,7-10,12,15,17,21,30H,5-6,11,13-14,16,18-20H2,1H3/t26-/m1/s1. The Morgan fingerprint density at radius 2 is 1.97 bits per heavy atom. The van der Waals surface area contributed by atoms with E-state index < -0.39 is 5.60 Å². The van der Waals surface area contributed by atoms with E-state index in [4.69, 9.17) is 14.2 Å². The summed E-state index contributed by atoms with van der Waals surface area (Å²) in [5.41, 5.74) is 0.280. The molecule has 1 fully saturated rings. The summed E-state index contributed by atoms with van der Waals surface area (Å²) >= 11 is 0. The van der Waals surface area contributed by atoms with Gasteiger partial charge in [0, 0.05) is 32.0 Å². The molecular weight excluding hydrogens is 418 g/mol. The molecule has 0 bridgehead atoms. The third-order valence-corrected chi connectivity index (χ3v) is 5.90. The molecule has 1 N–H and O–H groups in total. The molecular formula is C26H33N3O4. The molecule has 1 saturated heterocycles. The molecule has 0 spiro atoms. The van der Waals surface area contributed by atoms with Crippen molar-refractivity contribution in [3.05, 3.63) is 72.8 Å². The van der Waals surface area contributed by atoms with Gasteiger partial charge in [-0.15, -0.1) is 0 Å². The minimum absolute atomic E-state index is 0.294. The number of rotatable bonds is 11. The summed E-state index contributed by atoms with van der Waals surface area (Å²) in [5, 5.41) is 11.1. The molecule has 2 heterocycles. The van der Waals surface area contributed by atoms with Crippen molar-refractivity contribution < 1.29 is 19.3 Å². The number of benzene rings is 2. The number of hydrogen-bond acceptors (Lipinski definition) is 6. The van der Waals surface area contributed by atoms with Gasteiger partial charge in [-0.05, 0) is 55.6 Å². The number of aryl methyl sites for hydroxylation is 1. The molecule has 0 amide bonds. The summed E-state index contributed by atoms with van der Waals surface area (Å²) in [6.07, 6.45) is 8.10. The lowest BCUT2D eigenvalue weighted by Crippen LogP contribution is -2.51. The highest BCUT2D eigenvalue weighted by molar-refractivity contribution is 5.43. The first-order valence-corrected chi connectivity index (χ1v) is 11.5. The van der Waals surface area contributed by atoms with E-state index in [1.165, 1.54) is 0 Å². The van der Waals surface area contributed by atoms with Crippen molar-refractivity contribution in [3.63, 3.8) is 0 Å². The van der Waals surface area contributed by atoms with E-state index in [2.05, 4.69) is 16.0 Å². The molecule has 1 aliphatic rings. The highest BCUT2D eigenvalue weighted by Gasteiger charge is 2.34. The molecule has 7 heteroatoms. The average Bonchev–Trinajstić information content (AvgIpc) is 3.36. The fourth-order valence-electron chi connectivity index (χ4n) is 4.23. The van der Waals surface area contributed by atoms with E-state index in [-0.39, 0.29) is 0 Å². The van der Waals surface area contributed by atoms with E-state index in [9.17, 15) is 5.11 Å². The number of ether oxygens (including phenoxy) is 3. The van der Waals surface area contributed by atoms with Crippen molar-refractivity contribution in [3.8, 4) is 17.2 Å². The molecule has 0 radical (unpaired) electrons. The van der Waals surface area contributed by atoms with Crippen molar-refractivity contribution in [2.75, 3.05) is 33.4 Å². The number of aromatic nitrogens is 2. The lowest BCUT2D eigenvalue weighted by molar-refractivity contribution is -0.0621. The fourth-order valence-corrected chi connectivity index (χ4v) is 4.23. The van der Waals surface area contributed by atoms with Crippen LogP contribution in [0.3, 0.4) is 0 Å². The number of β-amino-alcohol motifs (C(OH)–C–C–N with tert-alkyl or cyclic N) is 1. The molecule has 1 aliphatic heterocycles. The predicted molar refractivity (Wildman–Crippen MR) is 127 cm³/mol. The molecule has 176 valence electrons. The van der Waals surface area contributed by atoms with Crippen molar-refractivity contribution in [1.29, 1.82) is 0 Å². The predicted octanol–water partition coefficient (Wildman–Crippen LogP) is 3.77. The number of para-hydroxylation sites is 1. The molecule has 0 saturated carbocycles. The van der Waals surface area contributed by atoms with Crippen molar-refractivity contribution in [2.24, 2.45) is 0 Å². The van der Waals surface area contributed by atoms with Crippen LogP contribution < -0.4 is 14.2 Å². The Morgan fingerprint density at radius 1 is 1.09 bits per heavy atom. The van der Waals surface area contributed by atoms with E-state index in [1.54, 1.807) is 13.3 Å². The number of nitrogens with zero attached hydrogens (tertiary/aromatic N) is 3. The number of aliphatic hydroxyl groups is 1. The second-order valence-electron chi connectivity index (χ2n) is 8.63. The first-order chi connectivity index (χ1) is 16.1. The summed E-state index contributed by atoms with van der Waals surface area (Å²) in [7, 11) is 1.66. The first kappa shape index (κ1) is 23.1. The first-order valence-electron chi connectivity index (χ1n) is 11.5. The second kappa shape index (κ2) is 11.2. The molecule has 1 aromatic heterocycles. The number of methoxy groups -OCH3 is 1. The molecule has 4 rings (SSSR count). The Labute approximate surface area is 195 Å². The van der Waals surface area contributed by atoms with Gasteiger partial charge in [-0.2, -0.15) is 0 Å². The summed E-state index contributed by atoms with van der Waals surface area (Å²) in [6, 6.07) is 15.7. The number of imidazole rings is 1. The van der Waals surface area contributed by atoms with Crippen LogP contribution in [0, 0.1) is 0 Å². The van der Waals surface area contributed by atoms with Crippen LogP contribution in [0.1, 0.15) is 24.8 Å². The monoisotopic (exact) mass is 451 g/mol. The maximum Gasteiger partial charge on any atom is 0.161 e. The molecule has 0 unspecified atom stereocenters. The summed E-state index contributed by atoms with van der Waals surface area (Å²) in [6.45, 7) is 4.03. The van der Waals surface area contributed by atoms with Crippen molar-refractivity contribution >= 4 is 0 Å². The fraction of sp³-hybridized carbons (Fsp3) is 0.423. The second-order valence-corrected chi connectivity index (χ2v) is 8.63. The number of piperidine rings is 1. The third-order valence-electron chi connectivity index (χ3n) is 5.90. The maximum absolute atomic E-state index is 11.1. The van der Waals surface area contributed by atoms with Crippen LogP contribution in [-0.4, -0.2) is 58.6 Å². The zero-order valence-electron chi connectivity index (χ0n) is 19.2. The van der Waals surface area contributed by atoms with E-state index >= 15 is 0 Å². The smallest absolute Gasteiger partial charge is 0.161 e. The highest BCUT2D eigenvalue weighted by Crippen LogP contribution is 2.30. The Balaban J connectivity index is 1.29. The SMILES string of the molecule is COc1cc(CN2CCC[C@](O)(COc3ccccc3)C2)ccc1OCCCn1ccnc1. The molecule has 7 nitrogen and oxygen atoms in total. The zero-order valence-corrected chi connectivity index (χ0v) is 19.2. The van der Waals surface area contributed by atoms with Crippen LogP contribution in [0.25, 0.3) is 0 Å². The average molecular weight is 452 g/mol. The molecule has 3 aromatic rings. The van der Waals surface area contributed by atoms with Gasteiger partial charge in [-0.1, -0.05) is 24.3 Å². The number of hydrogen-bond donors (Lipinski definition) is 1. The van der Waals surface area contributed by atoms with Gasteiger partial charge in [-0.3, -0.25) is 4.90 Å². The summed E-state index contributed by atoms with van der Waals surface area (Å²) < 4.78 is 19.4. The molecule has 2 aromatic carbocycles. The van der Waals surface area contributed by atoms with Crippen molar-refractivity contribution in [1.82, 2.24) is 14.5 Å². The van der Waals surface area contributed by atoms with Gasteiger partial charge in [0.05, 0.1) is 20.0 Å². The Hall–Kier alpha value is -3.03. The largest absolute Gasteiger partial charge is 0.493 e. The van der Waals surface area contributed by atoms with E-state index in [0.29, 0.717) is 19.8 Å². The van der Waals surface area contributed by atoms with Crippen LogP contribution in [0.4, 0.5) is 0 Å². The van der Waals surface area contributed by atoms with E-state index in [1.807, 2.05) is 59.6 Å². The Morgan fingerprint density at radius 3 is 2.76 bits per heavy atom. The topological polar surface area (TPSA) is 69.0 Å². The van der Waals surface area contributed by atoms with Crippen LogP contribution in [0.15, 0.2) is 67.3 Å². The number of likely N-dealkylation sites (tertiary alicyclic amines) is 1. The maximum atomic E-state index is 11.1. The minimum Gasteiger partial charge on any atom is -0.493 e. The molecule has 33 heavy (non-hydrogen) atoms. The van der Waals surface area contributed by atoms with Gasteiger partial charge in [0.2, 0.25) is 0 Å². The van der Waals surface area contributed by atoms with Crippen molar-refractivity contribution in [2.45, 2.75) is 38.0 Å². The van der Waals surface area contributed by atoms with Gasteiger partial charge in [0.1, 0.15) is 18.0 Å². The van der Waals surface area contributed by atoms with E-state index in [0.717, 1.165) is 61.7 Å². The highest BCUT2D eigenvalue weighted by atomic mass is 16.5. The quantitative estimate of drug-likeness (QED) is 0.448. The third kappa shape index (κ3) is 6.73.